The van der Waals surface area contributed by atoms with E-state index in [2.05, 4.69) is 36.6 Å². The molecule has 1 saturated heterocycles. The van der Waals surface area contributed by atoms with Gasteiger partial charge in [0.25, 0.3) is 0 Å². The third-order valence-corrected chi connectivity index (χ3v) is 3.41. The molecule has 2 rings (SSSR count). The van der Waals surface area contributed by atoms with E-state index in [0.29, 0.717) is 12.5 Å². The number of rotatable bonds is 2. The monoisotopic (exact) mass is 246 g/mol. The van der Waals surface area contributed by atoms with Gasteiger partial charge in [0, 0.05) is 6.54 Å². The summed E-state index contributed by atoms with van der Waals surface area (Å²) in [7, 11) is 0. The summed E-state index contributed by atoms with van der Waals surface area (Å²) in [6.45, 7) is 6.60. The molecule has 4 heteroatoms. The van der Waals surface area contributed by atoms with E-state index in [4.69, 9.17) is 0 Å². The Bertz CT molecular complexity index is 479. The number of benzene rings is 1. The zero-order chi connectivity index (χ0) is 13.3. The number of carbonyl (C=O) groups excluding carboxylic acids is 2. The minimum atomic E-state index is -0.573. The lowest BCUT2D eigenvalue weighted by atomic mass is 9.88. The standard InChI is InChI=1S/C14H18N2O2/c1-9(2)10-4-6-11(7-5-10)14(3)8-15-12(17)13(18)16-14/h4-7,9H,8H2,1-3H3,(H,15,17)(H,16,18). The zero-order valence-corrected chi connectivity index (χ0v) is 10.9. The van der Waals surface area contributed by atoms with Crippen molar-refractivity contribution in [3.8, 4) is 0 Å². The third kappa shape index (κ3) is 2.23. The third-order valence-electron chi connectivity index (χ3n) is 3.41. The van der Waals surface area contributed by atoms with Gasteiger partial charge in [-0.1, -0.05) is 38.1 Å². The molecular weight excluding hydrogens is 228 g/mol. The van der Waals surface area contributed by atoms with Crippen LogP contribution in [0.15, 0.2) is 24.3 Å². The number of hydrogen-bond acceptors (Lipinski definition) is 2. The minimum absolute atomic E-state index is 0.415. The molecule has 1 fully saturated rings. The Kier molecular flexibility index (Phi) is 3.11. The van der Waals surface area contributed by atoms with Crippen LogP contribution in [-0.4, -0.2) is 18.4 Å². The molecule has 0 aliphatic carbocycles. The van der Waals surface area contributed by atoms with Crippen LogP contribution in [0.2, 0.25) is 0 Å². The van der Waals surface area contributed by atoms with E-state index in [0.717, 1.165) is 5.56 Å². The lowest BCUT2D eigenvalue weighted by molar-refractivity contribution is -0.142. The van der Waals surface area contributed by atoms with E-state index in [1.54, 1.807) is 0 Å². The van der Waals surface area contributed by atoms with Crippen LogP contribution in [0.3, 0.4) is 0 Å². The molecule has 1 unspecified atom stereocenters. The van der Waals surface area contributed by atoms with E-state index < -0.39 is 17.4 Å². The number of piperazine rings is 1. The van der Waals surface area contributed by atoms with Gasteiger partial charge in [0.05, 0.1) is 5.54 Å². The second-order valence-corrected chi connectivity index (χ2v) is 5.25. The predicted octanol–water partition coefficient (Wildman–Crippen LogP) is 1.27. The largest absolute Gasteiger partial charge is 0.345 e. The molecule has 1 atom stereocenters. The van der Waals surface area contributed by atoms with E-state index in [9.17, 15) is 9.59 Å². The van der Waals surface area contributed by atoms with Crippen LogP contribution < -0.4 is 10.6 Å². The van der Waals surface area contributed by atoms with E-state index >= 15 is 0 Å². The van der Waals surface area contributed by atoms with E-state index in [1.807, 2.05) is 19.1 Å². The van der Waals surface area contributed by atoms with Gasteiger partial charge in [-0.15, -0.1) is 0 Å². The Labute approximate surface area is 107 Å². The number of hydrogen-bond donors (Lipinski definition) is 2. The number of amides is 2. The van der Waals surface area contributed by atoms with Crippen molar-refractivity contribution in [1.82, 2.24) is 10.6 Å². The van der Waals surface area contributed by atoms with Crippen LogP contribution in [0.5, 0.6) is 0 Å². The Balaban J connectivity index is 2.25. The van der Waals surface area contributed by atoms with Gasteiger partial charge in [-0.2, -0.15) is 0 Å². The van der Waals surface area contributed by atoms with Crippen LogP contribution in [-0.2, 0) is 15.1 Å². The van der Waals surface area contributed by atoms with Crippen molar-refractivity contribution >= 4 is 11.8 Å². The Morgan fingerprint density at radius 3 is 2.22 bits per heavy atom. The Hall–Kier alpha value is -1.84. The molecule has 1 aliphatic heterocycles. The van der Waals surface area contributed by atoms with E-state index in [1.165, 1.54) is 5.56 Å². The highest BCUT2D eigenvalue weighted by molar-refractivity contribution is 6.35. The van der Waals surface area contributed by atoms with Gasteiger partial charge >= 0.3 is 11.8 Å². The van der Waals surface area contributed by atoms with Gasteiger partial charge in [0.1, 0.15) is 0 Å². The molecule has 2 amide bonds. The normalized spacial score (nSPS) is 23.8. The molecular formula is C14H18N2O2. The number of carbonyl (C=O) groups is 2. The number of nitrogens with one attached hydrogen (secondary N) is 2. The average molecular weight is 246 g/mol. The highest BCUT2D eigenvalue weighted by Gasteiger charge is 2.35. The lowest BCUT2D eigenvalue weighted by Gasteiger charge is -2.35. The fourth-order valence-corrected chi connectivity index (χ4v) is 2.10. The first-order chi connectivity index (χ1) is 8.42. The van der Waals surface area contributed by atoms with Gasteiger partial charge in [-0.25, -0.2) is 0 Å². The fourth-order valence-electron chi connectivity index (χ4n) is 2.10. The molecule has 0 saturated carbocycles. The summed E-state index contributed by atoms with van der Waals surface area (Å²) in [5, 5.41) is 5.36. The maximum atomic E-state index is 11.4. The highest BCUT2D eigenvalue weighted by Crippen LogP contribution is 2.24. The molecule has 2 N–H and O–H groups in total. The fraction of sp³-hybridized carbons (Fsp3) is 0.429. The van der Waals surface area contributed by atoms with Crippen molar-refractivity contribution in [1.29, 1.82) is 0 Å². The van der Waals surface area contributed by atoms with Crippen LogP contribution in [0, 0.1) is 0 Å². The molecule has 0 radical (unpaired) electrons. The molecule has 0 bridgehead atoms. The Morgan fingerprint density at radius 2 is 1.72 bits per heavy atom. The molecule has 96 valence electrons. The predicted molar refractivity (Wildman–Crippen MR) is 69.0 cm³/mol. The molecule has 0 aromatic heterocycles. The lowest BCUT2D eigenvalue weighted by Crippen LogP contribution is -2.60. The molecule has 1 aliphatic rings. The minimum Gasteiger partial charge on any atom is -0.345 e. The van der Waals surface area contributed by atoms with Crippen molar-refractivity contribution in [2.45, 2.75) is 32.2 Å². The summed E-state index contributed by atoms with van der Waals surface area (Å²) >= 11 is 0. The quantitative estimate of drug-likeness (QED) is 0.772. The summed E-state index contributed by atoms with van der Waals surface area (Å²) in [5.41, 5.74) is 1.73. The van der Waals surface area contributed by atoms with Crippen molar-refractivity contribution in [3.05, 3.63) is 35.4 Å². The highest BCUT2D eigenvalue weighted by atomic mass is 16.2. The van der Waals surface area contributed by atoms with E-state index in [-0.39, 0.29) is 0 Å². The zero-order valence-electron chi connectivity index (χ0n) is 10.9. The molecule has 0 spiro atoms. The first-order valence-corrected chi connectivity index (χ1v) is 6.13. The molecule has 4 nitrogen and oxygen atoms in total. The summed E-state index contributed by atoms with van der Waals surface area (Å²) in [6, 6.07) is 8.14. The average Bonchev–Trinajstić information content (AvgIpc) is 2.34. The van der Waals surface area contributed by atoms with Crippen molar-refractivity contribution < 1.29 is 9.59 Å². The first-order valence-electron chi connectivity index (χ1n) is 6.13. The van der Waals surface area contributed by atoms with Crippen LogP contribution >= 0.6 is 0 Å². The summed E-state index contributed by atoms with van der Waals surface area (Å²) in [6.07, 6.45) is 0. The molecule has 1 heterocycles. The maximum absolute atomic E-state index is 11.4. The van der Waals surface area contributed by atoms with Crippen molar-refractivity contribution in [3.63, 3.8) is 0 Å². The Morgan fingerprint density at radius 1 is 1.11 bits per heavy atom. The van der Waals surface area contributed by atoms with Crippen LogP contribution in [0.4, 0.5) is 0 Å². The summed E-state index contributed by atoms with van der Waals surface area (Å²) in [5.74, 6) is -0.657. The molecule has 1 aromatic rings. The smallest absolute Gasteiger partial charge is 0.310 e. The van der Waals surface area contributed by atoms with Gasteiger partial charge in [0.15, 0.2) is 0 Å². The van der Waals surface area contributed by atoms with Gasteiger partial charge in [-0.05, 0) is 24.0 Å². The summed E-state index contributed by atoms with van der Waals surface area (Å²) < 4.78 is 0. The second-order valence-electron chi connectivity index (χ2n) is 5.25. The summed E-state index contributed by atoms with van der Waals surface area (Å²) in [4.78, 5) is 22.6. The van der Waals surface area contributed by atoms with Crippen LogP contribution in [0.1, 0.15) is 37.8 Å². The SMILES string of the molecule is CC(C)c1ccc(C2(C)CNC(=O)C(=O)N2)cc1. The van der Waals surface area contributed by atoms with Gasteiger partial charge in [-0.3, -0.25) is 9.59 Å². The first kappa shape index (κ1) is 12.6. The van der Waals surface area contributed by atoms with Crippen LogP contribution in [0.25, 0.3) is 0 Å². The topological polar surface area (TPSA) is 58.2 Å². The maximum Gasteiger partial charge on any atom is 0.310 e. The van der Waals surface area contributed by atoms with Crippen molar-refractivity contribution in [2.75, 3.05) is 6.54 Å². The van der Waals surface area contributed by atoms with Crippen molar-refractivity contribution in [2.24, 2.45) is 0 Å². The van der Waals surface area contributed by atoms with Gasteiger partial charge in [0.2, 0.25) is 0 Å². The second kappa shape index (κ2) is 4.44. The molecule has 1 aromatic carbocycles. The van der Waals surface area contributed by atoms with Gasteiger partial charge < -0.3 is 10.6 Å². The molecule has 18 heavy (non-hydrogen) atoms.